The maximum Gasteiger partial charge on any atom is 0.323 e. The van der Waals surface area contributed by atoms with Crippen LogP contribution in [0.15, 0.2) is 18.7 Å². The van der Waals surface area contributed by atoms with E-state index in [-0.39, 0.29) is 0 Å². The van der Waals surface area contributed by atoms with Gasteiger partial charge in [-0.05, 0) is 18.8 Å². The topological polar surface area (TPSA) is 77.8 Å². The van der Waals surface area contributed by atoms with E-state index in [1.807, 2.05) is 0 Å². The molecule has 7 heteroatoms. The zero-order valence-electron chi connectivity index (χ0n) is 11.5. The first-order valence-electron chi connectivity index (χ1n) is 6.90. The Kier molecular flexibility index (Phi) is 3.76. The number of rotatable bonds is 5. The third kappa shape index (κ3) is 2.87. The van der Waals surface area contributed by atoms with E-state index < -0.39 is 0 Å². The van der Waals surface area contributed by atoms with Crippen LogP contribution in [0.2, 0.25) is 0 Å². The van der Waals surface area contributed by atoms with Gasteiger partial charge in [0.25, 0.3) is 0 Å². The Labute approximate surface area is 117 Å². The second kappa shape index (κ2) is 5.85. The van der Waals surface area contributed by atoms with E-state index in [1.54, 1.807) is 30.3 Å². The molecule has 1 fully saturated rings. The highest BCUT2D eigenvalue weighted by atomic mass is 16.5. The van der Waals surface area contributed by atoms with Crippen molar-refractivity contribution in [2.24, 2.45) is 5.92 Å². The van der Waals surface area contributed by atoms with E-state index >= 15 is 0 Å². The monoisotopic (exact) mass is 274 g/mol. The van der Waals surface area contributed by atoms with Gasteiger partial charge in [-0.25, -0.2) is 4.98 Å². The molecule has 0 radical (unpaired) electrons. The third-order valence-corrected chi connectivity index (χ3v) is 3.48. The van der Waals surface area contributed by atoms with Gasteiger partial charge >= 0.3 is 6.01 Å². The number of hydrogen-bond acceptors (Lipinski definition) is 6. The maximum absolute atomic E-state index is 5.74. The minimum absolute atomic E-state index is 0.361. The van der Waals surface area contributed by atoms with Gasteiger partial charge in [0, 0.05) is 19.4 Å². The van der Waals surface area contributed by atoms with E-state index in [9.17, 15) is 0 Å². The molecule has 1 aliphatic carbocycles. The zero-order valence-corrected chi connectivity index (χ0v) is 11.5. The molecule has 2 aromatic heterocycles. The summed E-state index contributed by atoms with van der Waals surface area (Å²) >= 11 is 0. The van der Waals surface area contributed by atoms with Crippen molar-refractivity contribution in [3.63, 3.8) is 0 Å². The molecule has 0 aromatic carbocycles. The lowest BCUT2D eigenvalue weighted by molar-refractivity contribution is 0.233. The lowest BCUT2D eigenvalue weighted by Crippen LogP contribution is -2.13. The van der Waals surface area contributed by atoms with E-state index in [4.69, 9.17) is 4.74 Å². The normalized spacial score (nSPS) is 15.4. The predicted molar refractivity (Wildman–Crippen MR) is 73.9 cm³/mol. The first-order valence-corrected chi connectivity index (χ1v) is 6.90. The fraction of sp³-hybridized carbons (Fsp3) is 0.538. The Morgan fingerprint density at radius 3 is 2.85 bits per heavy atom. The van der Waals surface area contributed by atoms with E-state index in [1.165, 1.54) is 25.7 Å². The Morgan fingerprint density at radius 2 is 2.15 bits per heavy atom. The highest BCUT2D eigenvalue weighted by molar-refractivity contribution is 5.29. The van der Waals surface area contributed by atoms with Crippen LogP contribution in [0.3, 0.4) is 0 Å². The van der Waals surface area contributed by atoms with E-state index in [0.29, 0.717) is 30.4 Å². The van der Waals surface area contributed by atoms with Crippen LogP contribution in [0.4, 0.5) is 5.95 Å². The van der Waals surface area contributed by atoms with Crippen LogP contribution in [0.25, 0.3) is 5.95 Å². The highest BCUT2D eigenvalue weighted by Gasteiger charge is 2.17. The molecule has 0 amide bonds. The summed E-state index contributed by atoms with van der Waals surface area (Å²) in [6, 6.07) is 0.361. The van der Waals surface area contributed by atoms with Crippen LogP contribution in [-0.2, 0) is 0 Å². The molecule has 0 unspecified atom stereocenters. The van der Waals surface area contributed by atoms with Crippen molar-refractivity contribution in [1.82, 2.24) is 24.5 Å². The molecule has 0 aliphatic heterocycles. The predicted octanol–water partition coefficient (Wildman–Crippen LogP) is 1.67. The molecule has 3 rings (SSSR count). The molecule has 20 heavy (non-hydrogen) atoms. The maximum atomic E-state index is 5.74. The largest absolute Gasteiger partial charge is 0.463 e. The lowest BCUT2D eigenvalue weighted by atomic mass is 10.1. The number of hydrogen-bond donors (Lipinski definition) is 1. The van der Waals surface area contributed by atoms with Crippen LogP contribution in [-0.4, -0.2) is 38.2 Å². The number of nitrogens with one attached hydrogen (secondary N) is 1. The Bertz CT molecular complexity index is 550. The second-order valence-corrected chi connectivity index (χ2v) is 4.92. The fourth-order valence-electron chi connectivity index (χ4n) is 2.38. The number of anilines is 1. The van der Waals surface area contributed by atoms with Crippen LogP contribution in [0, 0.1) is 5.92 Å². The summed E-state index contributed by atoms with van der Waals surface area (Å²) in [5.41, 5.74) is 0. The molecule has 0 atom stereocenters. The van der Waals surface area contributed by atoms with Gasteiger partial charge in [-0.3, -0.25) is 4.57 Å². The van der Waals surface area contributed by atoms with Crippen molar-refractivity contribution >= 4 is 5.95 Å². The molecule has 1 saturated carbocycles. The summed E-state index contributed by atoms with van der Waals surface area (Å²) < 4.78 is 7.46. The van der Waals surface area contributed by atoms with Gasteiger partial charge in [0.05, 0.1) is 6.61 Å². The highest BCUT2D eigenvalue weighted by Crippen LogP contribution is 2.25. The summed E-state index contributed by atoms with van der Waals surface area (Å²) in [5.74, 6) is 1.62. The van der Waals surface area contributed by atoms with Crippen molar-refractivity contribution in [1.29, 1.82) is 0 Å². The Hall–Kier alpha value is -2.18. The van der Waals surface area contributed by atoms with Crippen LogP contribution in [0.1, 0.15) is 25.7 Å². The van der Waals surface area contributed by atoms with Crippen molar-refractivity contribution in [2.45, 2.75) is 25.7 Å². The van der Waals surface area contributed by atoms with E-state index in [2.05, 4.69) is 25.3 Å². The SMILES string of the molecule is CNc1nc(OCC2CCCC2)nc(-n2ccnc2)n1. The van der Waals surface area contributed by atoms with Gasteiger partial charge in [-0.1, -0.05) is 12.8 Å². The summed E-state index contributed by atoms with van der Waals surface area (Å²) in [7, 11) is 1.77. The Balaban J connectivity index is 1.77. The van der Waals surface area contributed by atoms with Gasteiger partial charge in [-0.15, -0.1) is 0 Å². The summed E-state index contributed by atoms with van der Waals surface area (Å²) in [5, 5.41) is 2.92. The summed E-state index contributed by atoms with van der Waals surface area (Å²) in [6.07, 6.45) is 10.2. The Morgan fingerprint density at radius 1 is 1.30 bits per heavy atom. The van der Waals surface area contributed by atoms with Crippen LogP contribution >= 0.6 is 0 Å². The van der Waals surface area contributed by atoms with Gasteiger partial charge in [-0.2, -0.15) is 15.0 Å². The molecule has 0 bridgehead atoms. The number of aromatic nitrogens is 5. The fourth-order valence-corrected chi connectivity index (χ4v) is 2.38. The summed E-state index contributed by atoms with van der Waals surface area (Å²) in [6.45, 7) is 0.677. The molecule has 2 aromatic rings. The van der Waals surface area contributed by atoms with Crippen molar-refractivity contribution in [3.05, 3.63) is 18.7 Å². The molecule has 1 aliphatic rings. The molecule has 0 saturated heterocycles. The molecule has 1 N–H and O–H groups in total. The second-order valence-electron chi connectivity index (χ2n) is 4.92. The first kappa shape index (κ1) is 12.8. The molecule has 7 nitrogen and oxygen atoms in total. The quantitative estimate of drug-likeness (QED) is 0.893. The van der Waals surface area contributed by atoms with Crippen molar-refractivity contribution < 1.29 is 4.74 Å². The lowest BCUT2D eigenvalue weighted by Gasteiger charge is -2.11. The number of imidazole rings is 1. The van der Waals surface area contributed by atoms with Crippen molar-refractivity contribution in [2.75, 3.05) is 19.0 Å². The first-order chi connectivity index (χ1) is 9.85. The molecule has 2 heterocycles. The summed E-state index contributed by atoms with van der Waals surface area (Å²) in [4.78, 5) is 16.8. The average Bonchev–Trinajstić information content (AvgIpc) is 3.17. The van der Waals surface area contributed by atoms with Gasteiger partial charge in [0.15, 0.2) is 0 Å². The standard InChI is InChI=1S/C13H18N6O/c1-14-11-16-12(19-7-6-15-9-19)18-13(17-11)20-8-10-4-2-3-5-10/h6-7,9-10H,2-5,8H2,1H3,(H,14,16,17,18). The average molecular weight is 274 g/mol. The van der Waals surface area contributed by atoms with Gasteiger partial charge in [0.1, 0.15) is 6.33 Å². The minimum Gasteiger partial charge on any atom is -0.463 e. The van der Waals surface area contributed by atoms with Gasteiger partial charge in [0.2, 0.25) is 11.9 Å². The van der Waals surface area contributed by atoms with Crippen LogP contribution in [0.5, 0.6) is 6.01 Å². The number of nitrogens with zero attached hydrogens (tertiary/aromatic N) is 5. The molecule has 106 valence electrons. The smallest absolute Gasteiger partial charge is 0.323 e. The minimum atomic E-state index is 0.361. The van der Waals surface area contributed by atoms with Crippen molar-refractivity contribution in [3.8, 4) is 12.0 Å². The molecular weight excluding hydrogens is 256 g/mol. The molecular formula is C13H18N6O. The van der Waals surface area contributed by atoms with Gasteiger partial charge < -0.3 is 10.1 Å². The van der Waals surface area contributed by atoms with E-state index in [0.717, 1.165) is 0 Å². The zero-order chi connectivity index (χ0) is 13.8. The molecule has 0 spiro atoms. The number of ether oxygens (including phenoxy) is 1. The third-order valence-electron chi connectivity index (χ3n) is 3.48. The van der Waals surface area contributed by atoms with Crippen LogP contribution < -0.4 is 10.1 Å².